The van der Waals surface area contributed by atoms with Gasteiger partial charge in [-0.2, -0.15) is 12.6 Å². The highest BCUT2D eigenvalue weighted by Gasteiger charge is 2.11. The smallest absolute Gasteiger partial charge is 0.283 e. The van der Waals surface area contributed by atoms with Crippen LogP contribution >= 0.6 is 12.2 Å². The van der Waals surface area contributed by atoms with E-state index in [4.69, 9.17) is 4.55 Å². The van der Waals surface area contributed by atoms with E-state index in [2.05, 4.69) is 20.2 Å². The summed E-state index contributed by atoms with van der Waals surface area (Å²) < 4.78 is 43.7. The molecule has 0 amide bonds. The summed E-state index contributed by atoms with van der Waals surface area (Å²) in [6, 6.07) is 0. The summed E-state index contributed by atoms with van der Waals surface area (Å²) in [7, 11) is -4.37. The van der Waals surface area contributed by atoms with Crippen LogP contribution < -0.4 is 0 Å². The van der Waals surface area contributed by atoms with Gasteiger partial charge in [-0.3, -0.25) is 4.55 Å². The third-order valence-electron chi connectivity index (χ3n) is 0.293. The van der Waals surface area contributed by atoms with Gasteiger partial charge < -0.3 is 0 Å². The SMILES string of the molecule is O=S(O)OS(=O)(=O)N=C=S. The maximum Gasteiger partial charge on any atom is 0.404 e. The van der Waals surface area contributed by atoms with E-state index in [0.717, 1.165) is 0 Å². The Morgan fingerprint density at radius 3 is 2.50 bits per heavy atom. The molecule has 9 heteroatoms. The van der Waals surface area contributed by atoms with Crippen molar-refractivity contribution >= 4 is 39.0 Å². The topological polar surface area (TPSA) is 93.0 Å². The second kappa shape index (κ2) is 3.86. The molecule has 0 saturated heterocycles. The molecule has 1 unspecified atom stereocenters. The van der Waals surface area contributed by atoms with Gasteiger partial charge in [0.05, 0.1) is 5.16 Å². The molecule has 0 heterocycles. The van der Waals surface area contributed by atoms with Crippen LogP contribution in [0.3, 0.4) is 0 Å². The average molecular weight is 203 g/mol. The van der Waals surface area contributed by atoms with Crippen LogP contribution in [-0.2, 0) is 25.3 Å². The van der Waals surface area contributed by atoms with Crippen LogP contribution in [-0.4, -0.2) is 22.3 Å². The standard InChI is InChI=1S/CHNO5S3/c3-9(4)7-10(5,6)2-1-8/h(H,3,4). The van der Waals surface area contributed by atoms with Crippen molar-refractivity contribution in [2.45, 2.75) is 0 Å². The van der Waals surface area contributed by atoms with Crippen molar-refractivity contribution in [3.63, 3.8) is 0 Å². The van der Waals surface area contributed by atoms with E-state index in [1.165, 1.54) is 5.16 Å². The van der Waals surface area contributed by atoms with Gasteiger partial charge in [0.15, 0.2) is 0 Å². The lowest BCUT2D eigenvalue weighted by atomic mass is 11.8. The molecule has 0 fully saturated rings. The molecule has 1 N–H and O–H groups in total. The number of nitrogens with zero attached hydrogens (tertiary/aromatic N) is 1. The Morgan fingerprint density at radius 2 is 2.20 bits per heavy atom. The van der Waals surface area contributed by atoms with Gasteiger partial charge in [0.1, 0.15) is 0 Å². The van der Waals surface area contributed by atoms with Crippen molar-refractivity contribution < 1.29 is 20.8 Å². The predicted molar refractivity (Wildman–Crippen MR) is 35.8 cm³/mol. The molecule has 0 aliphatic heterocycles. The largest absolute Gasteiger partial charge is 0.404 e. The quantitative estimate of drug-likeness (QED) is 0.377. The first-order valence-corrected chi connectivity index (χ1v) is 4.43. The van der Waals surface area contributed by atoms with Crippen LogP contribution in [0.2, 0.25) is 0 Å². The molecule has 0 aliphatic carbocycles. The van der Waals surface area contributed by atoms with Gasteiger partial charge in [0.2, 0.25) is 0 Å². The fourth-order valence-electron chi connectivity index (χ4n) is 0.134. The fourth-order valence-corrected chi connectivity index (χ4v) is 1.21. The van der Waals surface area contributed by atoms with E-state index < -0.39 is 21.7 Å². The van der Waals surface area contributed by atoms with E-state index in [1.807, 2.05) is 0 Å². The molecule has 10 heavy (non-hydrogen) atoms. The lowest BCUT2D eigenvalue weighted by Crippen LogP contribution is -2.03. The van der Waals surface area contributed by atoms with Crippen LogP contribution in [0.4, 0.5) is 0 Å². The van der Waals surface area contributed by atoms with Crippen molar-refractivity contribution in [2.75, 3.05) is 0 Å². The fraction of sp³-hybridized carbons (Fsp3) is 0. The Balaban J connectivity index is 4.45. The second-order valence-corrected chi connectivity index (χ2v) is 3.09. The minimum absolute atomic E-state index is 1.46. The van der Waals surface area contributed by atoms with Crippen LogP contribution in [0.25, 0.3) is 0 Å². The van der Waals surface area contributed by atoms with Gasteiger partial charge in [-0.1, -0.05) is 4.40 Å². The number of thiocarbonyl (C=S) groups is 1. The van der Waals surface area contributed by atoms with Crippen LogP contribution in [0.15, 0.2) is 4.40 Å². The van der Waals surface area contributed by atoms with Crippen molar-refractivity contribution in [3.05, 3.63) is 0 Å². The molecule has 0 saturated carbocycles. The molecule has 0 spiro atoms. The molecule has 58 valence electrons. The summed E-state index contributed by atoms with van der Waals surface area (Å²) >= 11 is 0.992. The van der Waals surface area contributed by atoms with Crippen LogP contribution in [0.5, 0.6) is 0 Å². The summed E-state index contributed by atoms with van der Waals surface area (Å²) in [5.41, 5.74) is 0. The monoisotopic (exact) mass is 203 g/mol. The normalized spacial score (nSPS) is 13.7. The first-order valence-electron chi connectivity index (χ1n) is 1.63. The zero-order valence-corrected chi connectivity index (χ0v) is 6.70. The van der Waals surface area contributed by atoms with Gasteiger partial charge in [0, 0.05) is 0 Å². The number of isothiocyanates is 1. The van der Waals surface area contributed by atoms with E-state index in [0.29, 0.717) is 0 Å². The minimum Gasteiger partial charge on any atom is -0.283 e. The van der Waals surface area contributed by atoms with Gasteiger partial charge >= 0.3 is 21.7 Å². The Morgan fingerprint density at radius 1 is 1.70 bits per heavy atom. The lowest BCUT2D eigenvalue weighted by molar-refractivity contribution is 0.444. The highest BCUT2D eigenvalue weighted by Crippen LogP contribution is 1.94. The van der Waals surface area contributed by atoms with Gasteiger partial charge in [0.25, 0.3) is 0 Å². The number of hydrogen-bond donors (Lipinski definition) is 1. The number of rotatable bonds is 3. The van der Waals surface area contributed by atoms with Crippen molar-refractivity contribution in [3.8, 4) is 0 Å². The van der Waals surface area contributed by atoms with Crippen LogP contribution in [0, 0.1) is 0 Å². The molecule has 1 atom stereocenters. The van der Waals surface area contributed by atoms with Gasteiger partial charge in [-0.15, -0.1) is 3.63 Å². The summed E-state index contributed by atoms with van der Waals surface area (Å²) in [6.45, 7) is 0. The summed E-state index contributed by atoms with van der Waals surface area (Å²) in [6.07, 6.45) is 0. The van der Waals surface area contributed by atoms with Crippen LogP contribution in [0.1, 0.15) is 0 Å². The first-order chi connectivity index (χ1) is 4.48. The molecular formula is CHNO5S3. The second-order valence-electron chi connectivity index (χ2n) is 0.895. The third kappa shape index (κ3) is 4.68. The predicted octanol–water partition coefficient (Wildman–Crippen LogP) is -0.513. The summed E-state index contributed by atoms with van der Waals surface area (Å²) in [5, 5.41) is 1.46. The Hall–Kier alpha value is -0.180. The molecule has 0 aromatic carbocycles. The maximum absolute atomic E-state index is 10.2. The highest BCUT2D eigenvalue weighted by molar-refractivity contribution is 7.94. The first kappa shape index (κ1) is 9.82. The van der Waals surface area contributed by atoms with Crippen molar-refractivity contribution in [2.24, 2.45) is 4.40 Å². The van der Waals surface area contributed by atoms with Gasteiger partial charge in [-0.25, -0.2) is 0 Å². The maximum atomic E-state index is 10.2. The van der Waals surface area contributed by atoms with E-state index in [-0.39, 0.29) is 0 Å². The zero-order chi connectivity index (χ0) is 8.20. The van der Waals surface area contributed by atoms with E-state index in [1.54, 1.807) is 0 Å². The lowest BCUT2D eigenvalue weighted by Gasteiger charge is -1.88. The Labute approximate surface area is 64.7 Å². The molecule has 6 nitrogen and oxygen atoms in total. The van der Waals surface area contributed by atoms with E-state index >= 15 is 0 Å². The summed E-state index contributed by atoms with van der Waals surface area (Å²) in [5.74, 6) is 0. The third-order valence-corrected chi connectivity index (χ3v) is 1.97. The minimum atomic E-state index is -4.37. The van der Waals surface area contributed by atoms with Crippen molar-refractivity contribution in [1.29, 1.82) is 0 Å². The van der Waals surface area contributed by atoms with Gasteiger partial charge in [-0.05, 0) is 12.2 Å². The number of hydrogen-bond acceptors (Lipinski definition) is 5. The Kier molecular flexibility index (Phi) is 3.79. The van der Waals surface area contributed by atoms with Crippen molar-refractivity contribution in [1.82, 2.24) is 0 Å². The molecule has 0 aromatic heterocycles. The highest BCUT2D eigenvalue weighted by atomic mass is 32.3. The Bertz CT molecular complexity index is 271. The molecule has 0 bridgehead atoms. The zero-order valence-electron chi connectivity index (χ0n) is 4.25. The van der Waals surface area contributed by atoms with E-state index in [9.17, 15) is 12.6 Å². The molecule has 0 aromatic rings. The molecular weight excluding hydrogens is 202 g/mol. The molecule has 0 aliphatic rings. The summed E-state index contributed by atoms with van der Waals surface area (Å²) in [4.78, 5) is 0. The molecule has 0 rings (SSSR count). The average Bonchev–Trinajstić information content (AvgIpc) is 1.59. The molecule has 0 radical (unpaired) electrons.